The van der Waals surface area contributed by atoms with Gasteiger partial charge in [0.15, 0.2) is 0 Å². The van der Waals surface area contributed by atoms with Gasteiger partial charge in [0.25, 0.3) is 0 Å². The van der Waals surface area contributed by atoms with Crippen molar-refractivity contribution in [2.75, 3.05) is 0 Å². The molecule has 136 valence electrons. The molecule has 1 aromatic carbocycles. The largest absolute Gasteiger partial charge is 0.508 e. The quantitative estimate of drug-likeness (QED) is 0.544. The second-order valence-electron chi connectivity index (χ2n) is 8.45. The number of rotatable bonds is 8. The van der Waals surface area contributed by atoms with E-state index in [0.717, 1.165) is 30.6 Å². The molecule has 2 rings (SSSR count). The molecule has 0 bridgehead atoms. The maximum atomic E-state index is 10.5. The normalized spacial score (nSPS) is 19.2. The molecular weight excluding hydrogens is 296 g/mol. The third kappa shape index (κ3) is 4.91. The van der Waals surface area contributed by atoms with Crippen molar-refractivity contribution in [3.05, 3.63) is 23.3 Å². The average Bonchev–Trinajstić information content (AvgIpc) is 2.50. The van der Waals surface area contributed by atoms with Crippen LogP contribution in [-0.4, -0.2) is 10.7 Å². The first kappa shape index (κ1) is 19.1. The number of phenols is 1. The van der Waals surface area contributed by atoms with Gasteiger partial charge in [0, 0.05) is 5.56 Å². The molecule has 0 saturated heterocycles. The molecule has 0 fully saturated rings. The third-order valence-corrected chi connectivity index (χ3v) is 5.31. The molecule has 0 aliphatic carbocycles. The highest BCUT2D eigenvalue weighted by Crippen LogP contribution is 2.46. The zero-order valence-corrected chi connectivity index (χ0v) is 16.3. The molecule has 0 saturated carbocycles. The predicted molar refractivity (Wildman–Crippen MR) is 102 cm³/mol. The molecule has 0 radical (unpaired) electrons. The summed E-state index contributed by atoms with van der Waals surface area (Å²) in [5, 5.41) is 10.5. The van der Waals surface area contributed by atoms with Crippen LogP contribution in [0.3, 0.4) is 0 Å². The van der Waals surface area contributed by atoms with Crippen LogP contribution in [0.2, 0.25) is 0 Å². The van der Waals surface area contributed by atoms with Gasteiger partial charge in [-0.3, -0.25) is 0 Å². The lowest BCUT2D eigenvalue weighted by atomic mass is 9.77. The van der Waals surface area contributed by atoms with E-state index < -0.39 is 0 Å². The standard InChI is InChI=1S/C22H36O2/c1-6-7-8-9-10-11-12-17-13-21-18(14-20(17)23)19(16(2)3)15-22(4,5)24-21/h13-14,16,19,23H,6-12,15H2,1-5H3/t19-/m0/s1. The van der Waals surface area contributed by atoms with Gasteiger partial charge >= 0.3 is 0 Å². The molecule has 0 aromatic heterocycles. The topological polar surface area (TPSA) is 29.5 Å². The summed E-state index contributed by atoms with van der Waals surface area (Å²) in [7, 11) is 0. The van der Waals surface area contributed by atoms with Crippen LogP contribution in [0.5, 0.6) is 11.5 Å². The molecular formula is C22H36O2. The number of aromatic hydroxyl groups is 1. The number of benzene rings is 1. The molecule has 24 heavy (non-hydrogen) atoms. The van der Waals surface area contributed by atoms with Crippen molar-refractivity contribution in [3.8, 4) is 11.5 Å². The molecule has 0 amide bonds. The van der Waals surface area contributed by atoms with Crippen LogP contribution in [0.4, 0.5) is 0 Å². The Morgan fingerprint density at radius 3 is 2.46 bits per heavy atom. The van der Waals surface area contributed by atoms with E-state index in [1.54, 1.807) is 0 Å². The first-order chi connectivity index (χ1) is 11.3. The van der Waals surface area contributed by atoms with Gasteiger partial charge in [-0.25, -0.2) is 0 Å². The lowest BCUT2D eigenvalue weighted by molar-refractivity contribution is 0.0637. The van der Waals surface area contributed by atoms with Gasteiger partial charge in [-0.2, -0.15) is 0 Å². The lowest BCUT2D eigenvalue weighted by Crippen LogP contribution is -2.36. The Kier molecular flexibility index (Phi) is 6.60. The summed E-state index contributed by atoms with van der Waals surface area (Å²) >= 11 is 0. The molecule has 2 nitrogen and oxygen atoms in total. The monoisotopic (exact) mass is 332 g/mol. The van der Waals surface area contributed by atoms with Crippen molar-refractivity contribution < 1.29 is 9.84 Å². The smallest absolute Gasteiger partial charge is 0.124 e. The Labute approximate surface area is 148 Å². The highest BCUT2D eigenvalue weighted by molar-refractivity contribution is 5.49. The third-order valence-electron chi connectivity index (χ3n) is 5.31. The number of aryl methyl sites for hydroxylation is 1. The molecule has 1 aliphatic rings. The number of hydrogen-bond donors (Lipinski definition) is 1. The Hall–Kier alpha value is -1.18. The van der Waals surface area contributed by atoms with Gasteiger partial charge in [0.1, 0.15) is 17.1 Å². The number of phenolic OH excluding ortho intramolecular Hbond substituents is 1. The minimum absolute atomic E-state index is 0.129. The zero-order valence-electron chi connectivity index (χ0n) is 16.3. The fraction of sp³-hybridized carbons (Fsp3) is 0.727. The first-order valence-electron chi connectivity index (χ1n) is 9.89. The number of ether oxygens (including phenoxy) is 1. The molecule has 2 heteroatoms. The summed E-state index contributed by atoms with van der Waals surface area (Å²) in [6, 6.07) is 4.08. The highest BCUT2D eigenvalue weighted by Gasteiger charge is 2.35. The second-order valence-corrected chi connectivity index (χ2v) is 8.45. The highest BCUT2D eigenvalue weighted by atomic mass is 16.5. The van der Waals surface area contributed by atoms with Crippen LogP contribution in [0, 0.1) is 5.92 Å². The molecule has 0 spiro atoms. The predicted octanol–water partition coefficient (Wildman–Crippen LogP) is 6.60. The van der Waals surface area contributed by atoms with Crippen molar-refractivity contribution in [1.29, 1.82) is 0 Å². The Bertz CT molecular complexity index is 531. The second kappa shape index (κ2) is 8.27. The van der Waals surface area contributed by atoms with Crippen molar-refractivity contribution >= 4 is 0 Å². The van der Waals surface area contributed by atoms with E-state index in [9.17, 15) is 5.11 Å². The van der Waals surface area contributed by atoms with Crippen LogP contribution in [0.1, 0.15) is 96.6 Å². The van der Waals surface area contributed by atoms with E-state index >= 15 is 0 Å². The summed E-state index contributed by atoms with van der Waals surface area (Å²) in [4.78, 5) is 0. The number of fused-ring (bicyclic) bond motifs is 1. The summed E-state index contributed by atoms with van der Waals surface area (Å²) in [6.45, 7) is 11.1. The van der Waals surface area contributed by atoms with Crippen LogP contribution in [0.25, 0.3) is 0 Å². The van der Waals surface area contributed by atoms with Crippen LogP contribution >= 0.6 is 0 Å². The van der Waals surface area contributed by atoms with E-state index in [2.05, 4.69) is 40.7 Å². The molecule has 1 heterocycles. The molecule has 1 aromatic rings. The van der Waals surface area contributed by atoms with Crippen molar-refractivity contribution in [1.82, 2.24) is 0 Å². The molecule has 1 aliphatic heterocycles. The fourth-order valence-electron chi connectivity index (χ4n) is 3.87. The van der Waals surface area contributed by atoms with Gasteiger partial charge in [-0.05, 0) is 62.6 Å². The summed E-state index contributed by atoms with van der Waals surface area (Å²) in [6.07, 6.45) is 9.61. The van der Waals surface area contributed by atoms with Gasteiger partial charge < -0.3 is 9.84 Å². The molecule has 1 N–H and O–H groups in total. The Balaban J connectivity index is 2.08. The maximum absolute atomic E-state index is 10.5. The Morgan fingerprint density at radius 1 is 1.12 bits per heavy atom. The van der Waals surface area contributed by atoms with E-state index in [-0.39, 0.29) is 5.60 Å². The SMILES string of the molecule is CCCCCCCCc1cc2c(cc1O)[C@H](C(C)C)CC(C)(C)O2. The summed E-state index contributed by atoms with van der Waals surface area (Å²) < 4.78 is 6.24. The van der Waals surface area contributed by atoms with E-state index in [4.69, 9.17) is 4.74 Å². The van der Waals surface area contributed by atoms with Gasteiger partial charge in [0.05, 0.1) is 0 Å². The minimum Gasteiger partial charge on any atom is -0.508 e. The van der Waals surface area contributed by atoms with E-state index in [0.29, 0.717) is 17.6 Å². The van der Waals surface area contributed by atoms with E-state index in [1.165, 1.54) is 37.7 Å². The Morgan fingerprint density at radius 2 is 1.79 bits per heavy atom. The average molecular weight is 333 g/mol. The van der Waals surface area contributed by atoms with Gasteiger partial charge in [-0.1, -0.05) is 52.9 Å². The van der Waals surface area contributed by atoms with Crippen LogP contribution in [-0.2, 0) is 6.42 Å². The van der Waals surface area contributed by atoms with E-state index in [1.807, 2.05) is 6.07 Å². The zero-order chi connectivity index (χ0) is 17.7. The van der Waals surface area contributed by atoms with Crippen LogP contribution in [0.15, 0.2) is 12.1 Å². The summed E-state index contributed by atoms with van der Waals surface area (Å²) in [5.74, 6) is 2.45. The molecule has 0 unspecified atom stereocenters. The molecule has 1 atom stereocenters. The van der Waals surface area contributed by atoms with Crippen molar-refractivity contribution in [2.45, 2.75) is 97.5 Å². The van der Waals surface area contributed by atoms with Gasteiger partial charge in [0.2, 0.25) is 0 Å². The van der Waals surface area contributed by atoms with Crippen molar-refractivity contribution in [3.63, 3.8) is 0 Å². The number of hydrogen-bond acceptors (Lipinski definition) is 2. The maximum Gasteiger partial charge on any atom is 0.124 e. The van der Waals surface area contributed by atoms with Crippen LogP contribution < -0.4 is 4.74 Å². The minimum atomic E-state index is -0.129. The summed E-state index contributed by atoms with van der Waals surface area (Å²) in [5.41, 5.74) is 2.11. The lowest BCUT2D eigenvalue weighted by Gasteiger charge is -2.39. The van der Waals surface area contributed by atoms with Crippen molar-refractivity contribution in [2.24, 2.45) is 5.92 Å². The number of unbranched alkanes of at least 4 members (excludes halogenated alkanes) is 5. The van der Waals surface area contributed by atoms with Gasteiger partial charge in [-0.15, -0.1) is 0 Å². The first-order valence-corrected chi connectivity index (χ1v) is 9.89. The fourth-order valence-corrected chi connectivity index (χ4v) is 3.87.